The standard InChI is InChI=1S/C22H17BrN2O/c1-15-21(19-9-5-6-10-20(19)26)22(16-11-13-17(23)14-12-16)25(24-15)18-7-3-2-4-8-18/h2-14,26H,1H3. The van der Waals surface area contributed by atoms with E-state index in [0.29, 0.717) is 0 Å². The number of aromatic hydroxyl groups is 1. The van der Waals surface area contributed by atoms with Crippen LogP contribution in [0.25, 0.3) is 28.1 Å². The van der Waals surface area contributed by atoms with Crippen molar-refractivity contribution in [2.45, 2.75) is 6.92 Å². The van der Waals surface area contributed by atoms with E-state index in [0.717, 1.165) is 38.2 Å². The monoisotopic (exact) mass is 404 g/mol. The molecule has 0 aliphatic heterocycles. The molecule has 26 heavy (non-hydrogen) atoms. The summed E-state index contributed by atoms with van der Waals surface area (Å²) in [5, 5.41) is 15.2. The van der Waals surface area contributed by atoms with Crippen LogP contribution in [0.5, 0.6) is 5.75 Å². The van der Waals surface area contributed by atoms with Crippen LogP contribution in [0.1, 0.15) is 5.69 Å². The molecule has 0 radical (unpaired) electrons. The van der Waals surface area contributed by atoms with Gasteiger partial charge in [0.05, 0.1) is 17.1 Å². The molecule has 0 amide bonds. The highest BCUT2D eigenvalue weighted by molar-refractivity contribution is 9.10. The van der Waals surface area contributed by atoms with Gasteiger partial charge in [-0.3, -0.25) is 0 Å². The summed E-state index contributed by atoms with van der Waals surface area (Å²) in [5.41, 5.74) is 5.57. The lowest BCUT2D eigenvalue weighted by molar-refractivity contribution is 0.477. The van der Waals surface area contributed by atoms with Crippen LogP contribution in [-0.2, 0) is 0 Å². The quantitative estimate of drug-likeness (QED) is 0.455. The summed E-state index contributed by atoms with van der Waals surface area (Å²) in [7, 11) is 0. The van der Waals surface area contributed by atoms with Gasteiger partial charge in [-0.2, -0.15) is 5.10 Å². The number of nitrogens with zero attached hydrogens (tertiary/aromatic N) is 2. The van der Waals surface area contributed by atoms with Crippen molar-refractivity contribution in [2.75, 3.05) is 0 Å². The zero-order valence-electron chi connectivity index (χ0n) is 14.2. The average Bonchev–Trinajstić information content (AvgIpc) is 3.01. The fourth-order valence-electron chi connectivity index (χ4n) is 3.17. The van der Waals surface area contributed by atoms with Crippen LogP contribution in [0.4, 0.5) is 0 Å². The molecule has 4 heteroatoms. The van der Waals surface area contributed by atoms with Crippen molar-refractivity contribution in [3.05, 3.63) is 89.0 Å². The van der Waals surface area contributed by atoms with Gasteiger partial charge >= 0.3 is 0 Å². The third-order valence-electron chi connectivity index (χ3n) is 4.35. The number of phenolic OH excluding ortho intramolecular Hbond substituents is 1. The van der Waals surface area contributed by atoms with Crippen molar-refractivity contribution in [3.8, 4) is 33.8 Å². The second-order valence-corrected chi connectivity index (χ2v) is 7.00. The van der Waals surface area contributed by atoms with Crippen LogP contribution in [0.15, 0.2) is 83.3 Å². The SMILES string of the molecule is Cc1nn(-c2ccccc2)c(-c2ccc(Br)cc2)c1-c1ccccc1O. The molecular weight excluding hydrogens is 388 g/mol. The van der Waals surface area contributed by atoms with E-state index in [9.17, 15) is 5.11 Å². The summed E-state index contributed by atoms with van der Waals surface area (Å²) in [6.07, 6.45) is 0. The van der Waals surface area contributed by atoms with Crippen molar-refractivity contribution < 1.29 is 5.11 Å². The summed E-state index contributed by atoms with van der Waals surface area (Å²) in [4.78, 5) is 0. The first-order valence-electron chi connectivity index (χ1n) is 8.34. The zero-order chi connectivity index (χ0) is 18.1. The number of rotatable bonds is 3. The van der Waals surface area contributed by atoms with Crippen LogP contribution in [-0.4, -0.2) is 14.9 Å². The predicted octanol–water partition coefficient (Wildman–Crippen LogP) is 5.98. The number of aromatic nitrogens is 2. The number of phenols is 1. The van der Waals surface area contributed by atoms with E-state index in [2.05, 4.69) is 28.1 Å². The van der Waals surface area contributed by atoms with E-state index >= 15 is 0 Å². The topological polar surface area (TPSA) is 38.0 Å². The number of aryl methyl sites for hydroxylation is 1. The number of halogens is 1. The molecule has 0 unspecified atom stereocenters. The molecule has 3 nitrogen and oxygen atoms in total. The maximum Gasteiger partial charge on any atom is 0.123 e. The number of para-hydroxylation sites is 2. The molecule has 128 valence electrons. The van der Waals surface area contributed by atoms with Crippen molar-refractivity contribution in [2.24, 2.45) is 0 Å². The van der Waals surface area contributed by atoms with Gasteiger partial charge in [-0.05, 0) is 37.3 Å². The van der Waals surface area contributed by atoms with Gasteiger partial charge in [0.1, 0.15) is 5.75 Å². The minimum absolute atomic E-state index is 0.251. The molecule has 0 aliphatic carbocycles. The first kappa shape index (κ1) is 16.6. The third kappa shape index (κ3) is 2.93. The molecule has 0 spiro atoms. The molecule has 0 aliphatic rings. The average molecular weight is 405 g/mol. The second kappa shape index (κ2) is 6.81. The highest BCUT2D eigenvalue weighted by atomic mass is 79.9. The van der Waals surface area contributed by atoms with E-state index in [4.69, 9.17) is 5.10 Å². The van der Waals surface area contributed by atoms with Gasteiger partial charge in [-0.15, -0.1) is 0 Å². The van der Waals surface area contributed by atoms with Gasteiger partial charge in [-0.1, -0.05) is 64.5 Å². The fraction of sp³-hybridized carbons (Fsp3) is 0.0455. The molecule has 0 atom stereocenters. The number of benzene rings is 3. The molecule has 0 saturated carbocycles. The summed E-state index contributed by atoms with van der Waals surface area (Å²) in [6.45, 7) is 1.98. The Morgan fingerprint density at radius 3 is 2.19 bits per heavy atom. The maximum atomic E-state index is 10.4. The highest BCUT2D eigenvalue weighted by Crippen LogP contribution is 2.40. The third-order valence-corrected chi connectivity index (χ3v) is 4.88. The van der Waals surface area contributed by atoms with Crippen LogP contribution in [0.2, 0.25) is 0 Å². The lowest BCUT2D eigenvalue weighted by atomic mass is 9.98. The van der Waals surface area contributed by atoms with Crippen molar-refractivity contribution in [1.29, 1.82) is 0 Å². The second-order valence-electron chi connectivity index (χ2n) is 6.08. The van der Waals surface area contributed by atoms with Gasteiger partial charge in [0.15, 0.2) is 0 Å². The smallest absolute Gasteiger partial charge is 0.123 e. The van der Waals surface area contributed by atoms with E-state index in [1.54, 1.807) is 6.07 Å². The van der Waals surface area contributed by atoms with Crippen LogP contribution < -0.4 is 0 Å². The van der Waals surface area contributed by atoms with E-state index in [1.165, 1.54) is 0 Å². The molecule has 1 N–H and O–H groups in total. The van der Waals surface area contributed by atoms with Gasteiger partial charge in [0, 0.05) is 21.2 Å². The molecule has 0 fully saturated rings. The Morgan fingerprint density at radius 2 is 1.50 bits per heavy atom. The van der Waals surface area contributed by atoms with Crippen LogP contribution in [0, 0.1) is 6.92 Å². The predicted molar refractivity (Wildman–Crippen MR) is 109 cm³/mol. The Labute approximate surface area is 160 Å². The van der Waals surface area contributed by atoms with Gasteiger partial charge in [0.25, 0.3) is 0 Å². The maximum absolute atomic E-state index is 10.4. The Morgan fingerprint density at radius 1 is 0.846 bits per heavy atom. The minimum Gasteiger partial charge on any atom is -0.507 e. The summed E-state index contributed by atoms with van der Waals surface area (Å²) in [5.74, 6) is 0.251. The van der Waals surface area contributed by atoms with Gasteiger partial charge < -0.3 is 5.11 Å². The lowest BCUT2D eigenvalue weighted by Gasteiger charge is -2.11. The Balaban J connectivity index is 2.05. The minimum atomic E-state index is 0.251. The Hall–Kier alpha value is -2.85. The molecule has 4 rings (SSSR count). The van der Waals surface area contributed by atoms with Crippen LogP contribution >= 0.6 is 15.9 Å². The Kier molecular flexibility index (Phi) is 4.35. The fourth-order valence-corrected chi connectivity index (χ4v) is 3.43. The summed E-state index contributed by atoms with van der Waals surface area (Å²) in [6, 6.07) is 25.6. The Bertz CT molecular complexity index is 1050. The molecule has 0 bridgehead atoms. The van der Waals surface area contributed by atoms with Crippen molar-refractivity contribution in [1.82, 2.24) is 9.78 Å². The highest BCUT2D eigenvalue weighted by Gasteiger charge is 2.21. The van der Waals surface area contributed by atoms with Crippen molar-refractivity contribution >= 4 is 15.9 Å². The molecular formula is C22H17BrN2O. The largest absolute Gasteiger partial charge is 0.507 e. The number of hydrogen-bond acceptors (Lipinski definition) is 2. The van der Waals surface area contributed by atoms with Crippen molar-refractivity contribution in [3.63, 3.8) is 0 Å². The normalized spacial score (nSPS) is 10.8. The first-order valence-corrected chi connectivity index (χ1v) is 9.14. The van der Waals surface area contributed by atoms with E-state index in [1.807, 2.05) is 72.3 Å². The zero-order valence-corrected chi connectivity index (χ0v) is 15.8. The number of hydrogen-bond donors (Lipinski definition) is 1. The van der Waals surface area contributed by atoms with E-state index < -0.39 is 0 Å². The van der Waals surface area contributed by atoms with Gasteiger partial charge in [0.2, 0.25) is 0 Å². The molecule has 3 aromatic carbocycles. The molecule has 1 heterocycles. The first-order chi connectivity index (χ1) is 12.6. The summed E-state index contributed by atoms with van der Waals surface area (Å²) < 4.78 is 2.97. The van der Waals surface area contributed by atoms with Crippen LogP contribution in [0.3, 0.4) is 0 Å². The lowest BCUT2D eigenvalue weighted by Crippen LogP contribution is -1.99. The summed E-state index contributed by atoms with van der Waals surface area (Å²) >= 11 is 3.50. The van der Waals surface area contributed by atoms with E-state index in [-0.39, 0.29) is 5.75 Å². The molecule has 4 aromatic rings. The molecule has 0 saturated heterocycles. The van der Waals surface area contributed by atoms with Gasteiger partial charge in [-0.25, -0.2) is 4.68 Å². The molecule has 1 aromatic heterocycles.